The molecule has 0 bridgehead atoms. The molecule has 0 aliphatic heterocycles. The quantitative estimate of drug-likeness (QED) is 0.290. The Labute approximate surface area is 178 Å². The third-order valence-electron chi connectivity index (χ3n) is 5.58. The van der Waals surface area contributed by atoms with Crippen LogP contribution in [0.15, 0.2) is 121 Å². The molecule has 0 spiro atoms. The van der Waals surface area contributed by atoms with Gasteiger partial charge in [-0.1, -0.05) is 115 Å². The molecule has 0 heterocycles. The van der Waals surface area contributed by atoms with Crippen molar-refractivity contribution in [1.29, 1.82) is 5.41 Å². The van der Waals surface area contributed by atoms with E-state index in [1.807, 2.05) is 6.07 Å². The van der Waals surface area contributed by atoms with Crippen LogP contribution in [0.1, 0.15) is 5.56 Å². The molecule has 0 amide bonds. The van der Waals surface area contributed by atoms with E-state index in [4.69, 9.17) is 11.1 Å². The zero-order chi connectivity index (χ0) is 20.8. The fourth-order valence-electron chi connectivity index (χ4n) is 4.22. The number of allylic oxidation sites excluding steroid dienone is 1. The van der Waals surface area contributed by atoms with Crippen molar-refractivity contribution in [2.24, 2.45) is 5.73 Å². The molecule has 4 aromatic carbocycles. The largest absolute Gasteiger partial charge is 0.404 e. The fourth-order valence-corrected chi connectivity index (χ4v) is 9.02. The Morgan fingerprint density at radius 2 is 1.03 bits per heavy atom. The van der Waals surface area contributed by atoms with Gasteiger partial charge in [-0.2, -0.15) is 0 Å². The molecule has 4 aromatic rings. The molecule has 0 atom stereocenters. The van der Waals surface area contributed by atoms with Gasteiger partial charge in [0.2, 0.25) is 0 Å². The Kier molecular flexibility index (Phi) is 5.73. The molecule has 4 rings (SSSR count). The maximum Gasteiger partial charge on any atom is 0.179 e. The van der Waals surface area contributed by atoms with E-state index in [1.165, 1.54) is 33.2 Å². The molecular formula is C27H24N2Si. The zero-order valence-electron chi connectivity index (χ0n) is 16.7. The van der Waals surface area contributed by atoms with Crippen molar-refractivity contribution in [2.75, 3.05) is 0 Å². The van der Waals surface area contributed by atoms with Gasteiger partial charge in [0.05, 0.1) is 0 Å². The highest BCUT2D eigenvalue weighted by molar-refractivity contribution is 7.19. The molecule has 0 saturated carbocycles. The normalized spacial score (nSPS) is 11.8. The van der Waals surface area contributed by atoms with E-state index in [9.17, 15) is 0 Å². The molecule has 2 nitrogen and oxygen atoms in total. The molecule has 30 heavy (non-hydrogen) atoms. The molecule has 0 saturated heterocycles. The van der Waals surface area contributed by atoms with Crippen LogP contribution < -0.4 is 26.5 Å². The number of hydrogen-bond acceptors (Lipinski definition) is 2. The van der Waals surface area contributed by atoms with Gasteiger partial charge >= 0.3 is 0 Å². The molecule has 0 aromatic heterocycles. The van der Waals surface area contributed by atoms with Gasteiger partial charge in [0.25, 0.3) is 0 Å². The van der Waals surface area contributed by atoms with Gasteiger partial charge in [-0.3, -0.25) is 0 Å². The average molecular weight is 405 g/mol. The van der Waals surface area contributed by atoms with Crippen molar-refractivity contribution in [3.63, 3.8) is 0 Å². The highest BCUT2D eigenvalue weighted by atomic mass is 28.3. The first-order valence-corrected chi connectivity index (χ1v) is 12.0. The minimum absolute atomic E-state index is 0.717. The summed E-state index contributed by atoms with van der Waals surface area (Å²) in [6.07, 6.45) is 2.82. The molecule has 0 radical (unpaired) electrons. The first-order chi connectivity index (χ1) is 14.8. The van der Waals surface area contributed by atoms with Crippen molar-refractivity contribution in [2.45, 2.75) is 0 Å². The van der Waals surface area contributed by atoms with Crippen LogP contribution >= 0.6 is 0 Å². The van der Waals surface area contributed by atoms with E-state index >= 15 is 0 Å². The Balaban J connectivity index is 2.12. The van der Waals surface area contributed by atoms with Crippen molar-refractivity contribution in [3.8, 4) is 0 Å². The minimum Gasteiger partial charge on any atom is -0.404 e. The lowest BCUT2D eigenvalue weighted by Gasteiger charge is -2.34. The second kappa shape index (κ2) is 8.76. The second-order valence-electron chi connectivity index (χ2n) is 7.20. The van der Waals surface area contributed by atoms with Gasteiger partial charge in [-0.05, 0) is 26.3 Å². The van der Waals surface area contributed by atoms with Crippen molar-refractivity contribution < 1.29 is 0 Å². The van der Waals surface area contributed by atoms with E-state index in [2.05, 4.69) is 109 Å². The van der Waals surface area contributed by atoms with E-state index in [1.54, 1.807) is 0 Å². The lowest BCUT2D eigenvalue weighted by atomic mass is 10.1. The van der Waals surface area contributed by atoms with E-state index in [0.29, 0.717) is 5.57 Å². The van der Waals surface area contributed by atoms with Crippen LogP contribution in [0.2, 0.25) is 0 Å². The van der Waals surface area contributed by atoms with Crippen LogP contribution in [0, 0.1) is 5.41 Å². The first-order valence-electron chi connectivity index (χ1n) is 10.0. The number of nitrogens with two attached hydrogens (primary N) is 1. The molecule has 0 unspecified atom stereocenters. The van der Waals surface area contributed by atoms with Crippen LogP contribution in [-0.2, 0) is 0 Å². The van der Waals surface area contributed by atoms with Crippen molar-refractivity contribution in [1.82, 2.24) is 0 Å². The summed E-state index contributed by atoms with van der Waals surface area (Å²) < 4.78 is 0. The summed E-state index contributed by atoms with van der Waals surface area (Å²) in [5.41, 5.74) is 7.49. The van der Waals surface area contributed by atoms with Gasteiger partial charge < -0.3 is 11.1 Å². The number of hydrogen-bond donors (Lipinski definition) is 2. The zero-order valence-corrected chi connectivity index (χ0v) is 17.7. The highest BCUT2D eigenvalue weighted by Crippen LogP contribution is 2.14. The fraction of sp³-hybridized carbons (Fsp3) is 0. The van der Waals surface area contributed by atoms with Crippen molar-refractivity contribution in [3.05, 3.63) is 127 Å². The summed E-state index contributed by atoms with van der Waals surface area (Å²) in [6, 6.07) is 40.9. The third-order valence-corrected chi connectivity index (χ3v) is 10.4. The first kappa shape index (κ1) is 19.6. The van der Waals surface area contributed by atoms with Crippen molar-refractivity contribution >= 4 is 40.6 Å². The van der Waals surface area contributed by atoms with Crippen LogP contribution in [0.5, 0.6) is 0 Å². The summed E-state index contributed by atoms with van der Waals surface area (Å²) in [7, 11) is -2.55. The van der Waals surface area contributed by atoms with Gasteiger partial charge in [0.15, 0.2) is 8.07 Å². The molecular weight excluding hydrogens is 380 g/mol. The molecule has 3 N–H and O–H groups in total. The van der Waals surface area contributed by atoms with Gasteiger partial charge in [0, 0.05) is 18.0 Å². The van der Waals surface area contributed by atoms with Crippen LogP contribution in [0.25, 0.3) is 5.57 Å². The lowest BCUT2D eigenvalue weighted by Crippen LogP contribution is -2.74. The predicted octanol–water partition coefficient (Wildman–Crippen LogP) is 3.01. The van der Waals surface area contributed by atoms with Crippen LogP contribution in [-0.4, -0.2) is 14.3 Å². The summed E-state index contributed by atoms with van der Waals surface area (Å²) in [5.74, 6) is 0. The Morgan fingerprint density at radius 3 is 1.43 bits per heavy atom. The Morgan fingerprint density at radius 1 is 0.600 bits per heavy atom. The summed E-state index contributed by atoms with van der Waals surface area (Å²) >= 11 is 0. The van der Waals surface area contributed by atoms with Gasteiger partial charge in [-0.15, -0.1) is 0 Å². The van der Waals surface area contributed by atoms with Gasteiger partial charge in [-0.25, -0.2) is 0 Å². The van der Waals surface area contributed by atoms with E-state index in [-0.39, 0.29) is 0 Å². The molecule has 146 valence electrons. The van der Waals surface area contributed by atoms with E-state index < -0.39 is 8.07 Å². The summed E-state index contributed by atoms with van der Waals surface area (Å²) in [4.78, 5) is 0. The minimum atomic E-state index is -2.55. The van der Waals surface area contributed by atoms with Crippen LogP contribution in [0.3, 0.4) is 0 Å². The van der Waals surface area contributed by atoms with Crippen LogP contribution in [0.4, 0.5) is 0 Å². The average Bonchev–Trinajstić information content (AvgIpc) is 2.83. The predicted molar refractivity (Wildman–Crippen MR) is 131 cm³/mol. The SMILES string of the molecule is N=C/C(=C\N)c1cccc([Si](c2ccccc2)(c2ccccc2)c2ccccc2)c1. The maximum atomic E-state index is 7.75. The molecule has 0 aliphatic carbocycles. The monoisotopic (exact) mass is 404 g/mol. The summed E-state index contributed by atoms with van der Waals surface area (Å²) in [5, 5.41) is 13.0. The highest BCUT2D eigenvalue weighted by Gasteiger charge is 2.41. The lowest BCUT2D eigenvalue weighted by molar-refractivity contribution is 1.54. The Hall–Kier alpha value is -3.69. The Bertz CT molecular complexity index is 1060. The van der Waals surface area contributed by atoms with E-state index in [0.717, 1.165) is 5.56 Å². The molecule has 3 heteroatoms. The maximum absolute atomic E-state index is 7.75. The summed E-state index contributed by atoms with van der Waals surface area (Å²) in [6.45, 7) is 0. The number of nitrogens with one attached hydrogen (secondary N) is 1. The molecule has 0 aliphatic rings. The third kappa shape index (κ3) is 3.40. The van der Waals surface area contributed by atoms with Gasteiger partial charge in [0.1, 0.15) is 0 Å². The number of benzene rings is 4. The standard InChI is InChI=1S/C27H24N2Si/c28-20-23(21-29)22-11-10-18-27(19-22)30(24-12-4-1-5-13-24,25-14-6-2-7-15-25)26-16-8-3-9-17-26/h1-21,28H,29H2/b23-21+,28-20?. The smallest absolute Gasteiger partial charge is 0.179 e. The number of rotatable bonds is 6. The topological polar surface area (TPSA) is 49.9 Å². The molecule has 0 fully saturated rings. The second-order valence-corrected chi connectivity index (χ2v) is 11.0.